The van der Waals surface area contributed by atoms with Crippen molar-refractivity contribution in [3.8, 4) is 0 Å². The summed E-state index contributed by atoms with van der Waals surface area (Å²) < 4.78 is 0. The molecule has 0 saturated carbocycles. The highest BCUT2D eigenvalue weighted by molar-refractivity contribution is 7.38. The summed E-state index contributed by atoms with van der Waals surface area (Å²) in [4.78, 5) is 0. The van der Waals surface area contributed by atoms with Crippen molar-refractivity contribution in [1.29, 1.82) is 0 Å². The van der Waals surface area contributed by atoms with Crippen molar-refractivity contribution in [2.75, 3.05) is 6.16 Å². The molecule has 0 radical (unpaired) electrons. The van der Waals surface area contributed by atoms with Crippen LogP contribution in [0.25, 0.3) is 0 Å². The molecule has 0 fully saturated rings. The Morgan fingerprint density at radius 2 is 2.14 bits per heavy atom. The first-order chi connectivity index (χ1) is 3.50. The maximum absolute atomic E-state index is 2.40. The predicted octanol–water partition coefficient (Wildman–Crippen LogP) is 2.31. The quantitative estimate of drug-likeness (QED) is 0.424. The highest BCUT2D eigenvalue weighted by Gasteiger charge is 1.89. The molecule has 0 aromatic rings. The standard InChI is InChI=1S/C6H11P/c1-2-4-6-7-5-3-1/h5H,1-4,6H2. The zero-order valence-corrected chi connectivity index (χ0v) is 5.45. The van der Waals surface area contributed by atoms with Gasteiger partial charge >= 0.3 is 0 Å². The average Bonchev–Trinajstić information content (AvgIpc) is 1.90. The molecule has 1 aliphatic rings. The van der Waals surface area contributed by atoms with Crippen LogP contribution in [0.3, 0.4) is 0 Å². The molecule has 0 aromatic heterocycles. The van der Waals surface area contributed by atoms with E-state index < -0.39 is 0 Å². The molecule has 7 heavy (non-hydrogen) atoms. The Balaban J connectivity index is 2.20. The van der Waals surface area contributed by atoms with Gasteiger partial charge in [0.05, 0.1) is 0 Å². The van der Waals surface area contributed by atoms with Gasteiger partial charge in [-0.05, 0) is 25.4 Å². The SMILES string of the molecule is C1=PCCCCC1. The zero-order chi connectivity index (χ0) is 4.95. The van der Waals surface area contributed by atoms with Crippen molar-refractivity contribution in [2.24, 2.45) is 0 Å². The second-order valence-electron chi connectivity index (χ2n) is 1.94. The van der Waals surface area contributed by atoms with Gasteiger partial charge in [-0.2, -0.15) is 0 Å². The predicted molar refractivity (Wildman–Crippen MR) is 36.3 cm³/mol. The summed E-state index contributed by atoms with van der Waals surface area (Å²) >= 11 is 0. The van der Waals surface area contributed by atoms with Gasteiger partial charge in [0.15, 0.2) is 0 Å². The molecule has 0 nitrogen and oxygen atoms in total. The van der Waals surface area contributed by atoms with Gasteiger partial charge in [-0.15, -0.1) is 8.20 Å². The molecule has 0 unspecified atom stereocenters. The Hall–Kier alpha value is 0.170. The largest absolute Gasteiger partial charge is 0.109 e. The van der Waals surface area contributed by atoms with Crippen molar-refractivity contribution in [1.82, 2.24) is 0 Å². The van der Waals surface area contributed by atoms with Crippen molar-refractivity contribution in [3.63, 3.8) is 0 Å². The van der Waals surface area contributed by atoms with E-state index in [0.717, 1.165) is 0 Å². The Bertz CT molecular complexity index is 58.6. The molecule has 0 bridgehead atoms. The topological polar surface area (TPSA) is 0 Å². The molecule has 0 N–H and O–H groups in total. The molecule has 0 aliphatic carbocycles. The summed E-state index contributed by atoms with van der Waals surface area (Å²) in [5.74, 6) is 2.40. The van der Waals surface area contributed by atoms with E-state index in [1.54, 1.807) is 8.20 Å². The minimum atomic E-state index is 1.36. The molecular formula is C6H11P. The van der Waals surface area contributed by atoms with E-state index in [-0.39, 0.29) is 0 Å². The van der Waals surface area contributed by atoms with Crippen LogP contribution in [0, 0.1) is 0 Å². The van der Waals surface area contributed by atoms with E-state index in [9.17, 15) is 0 Å². The average molecular weight is 114 g/mol. The summed E-state index contributed by atoms with van der Waals surface area (Å²) in [6.45, 7) is 0. The minimum Gasteiger partial charge on any atom is -0.109 e. The lowest BCUT2D eigenvalue weighted by Crippen LogP contribution is -1.71. The lowest BCUT2D eigenvalue weighted by Gasteiger charge is -1.85. The van der Waals surface area contributed by atoms with Crippen molar-refractivity contribution < 1.29 is 0 Å². The third-order valence-electron chi connectivity index (χ3n) is 1.25. The highest BCUT2D eigenvalue weighted by atomic mass is 31.1. The molecule has 1 heteroatoms. The molecule has 1 rings (SSSR count). The van der Waals surface area contributed by atoms with E-state index in [4.69, 9.17) is 0 Å². The van der Waals surface area contributed by atoms with Crippen molar-refractivity contribution in [2.45, 2.75) is 25.7 Å². The Morgan fingerprint density at radius 3 is 3.14 bits per heavy atom. The molecule has 40 valence electrons. The van der Waals surface area contributed by atoms with Gasteiger partial charge in [0.25, 0.3) is 0 Å². The maximum atomic E-state index is 2.40. The van der Waals surface area contributed by atoms with Gasteiger partial charge in [-0.1, -0.05) is 12.2 Å². The molecular weight excluding hydrogens is 103 g/mol. The van der Waals surface area contributed by atoms with E-state index in [2.05, 4.69) is 5.80 Å². The van der Waals surface area contributed by atoms with E-state index in [0.29, 0.717) is 0 Å². The second kappa shape index (κ2) is 3.21. The molecule has 0 saturated heterocycles. The third-order valence-corrected chi connectivity index (χ3v) is 2.34. The Morgan fingerprint density at radius 1 is 1.14 bits per heavy atom. The first-order valence-electron chi connectivity index (χ1n) is 2.98. The number of hydrogen-bond acceptors (Lipinski definition) is 0. The Kier molecular flexibility index (Phi) is 2.43. The van der Waals surface area contributed by atoms with Crippen molar-refractivity contribution >= 4 is 14.0 Å². The highest BCUT2D eigenvalue weighted by Crippen LogP contribution is 2.10. The fourth-order valence-corrected chi connectivity index (χ4v) is 1.75. The van der Waals surface area contributed by atoms with Crippen LogP contribution in [0.5, 0.6) is 0 Å². The molecule has 1 aliphatic heterocycles. The lowest BCUT2D eigenvalue weighted by molar-refractivity contribution is 0.759. The minimum absolute atomic E-state index is 1.36. The van der Waals surface area contributed by atoms with Crippen LogP contribution in [0.2, 0.25) is 0 Å². The summed E-state index contributed by atoms with van der Waals surface area (Å²) in [6, 6.07) is 0. The first kappa shape index (κ1) is 5.31. The number of hydrogen-bond donors (Lipinski definition) is 0. The van der Waals surface area contributed by atoms with Gasteiger partial charge in [0.1, 0.15) is 0 Å². The van der Waals surface area contributed by atoms with Crippen LogP contribution in [0.4, 0.5) is 0 Å². The van der Waals surface area contributed by atoms with E-state index in [1.165, 1.54) is 31.8 Å². The zero-order valence-electron chi connectivity index (χ0n) is 4.56. The van der Waals surface area contributed by atoms with E-state index >= 15 is 0 Å². The maximum Gasteiger partial charge on any atom is -0.0109 e. The van der Waals surface area contributed by atoms with Crippen LogP contribution in [-0.4, -0.2) is 12.0 Å². The van der Waals surface area contributed by atoms with E-state index in [1.807, 2.05) is 0 Å². The second-order valence-corrected chi connectivity index (χ2v) is 3.12. The van der Waals surface area contributed by atoms with Gasteiger partial charge in [0, 0.05) is 0 Å². The van der Waals surface area contributed by atoms with Crippen LogP contribution in [0.1, 0.15) is 25.7 Å². The molecule has 0 amide bonds. The summed E-state index contributed by atoms with van der Waals surface area (Å²) in [6.07, 6.45) is 7.14. The molecule has 0 spiro atoms. The smallest absolute Gasteiger partial charge is 0.0109 e. The first-order valence-corrected chi connectivity index (χ1v) is 4.13. The number of rotatable bonds is 0. The molecule has 0 aromatic carbocycles. The molecule has 0 atom stereocenters. The van der Waals surface area contributed by atoms with Crippen molar-refractivity contribution in [3.05, 3.63) is 0 Å². The summed E-state index contributed by atoms with van der Waals surface area (Å²) in [5, 5.41) is 0. The van der Waals surface area contributed by atoms with Gasteiger partial charge in [-0.25, -0.2) is 0 Å². The monoisotopic (exact) mass is 114 g/mol. The Labute approximate surface area is 46.7 Å². The van der Waals surface area contributed by atoms with Gasteiger partial charge in [0.2, 0.25) is 0 Å². The van der Waals surface area contributed by atoms with Crippen LogP contribution < -0.4 is 0 Å². The van der Waals surface area contributed by atoms with Crippen LogP contribution >= 0.6 is 8.20 Å². The fourth-order valence-electron chi connectivity index (χ4n) is 0.798. The van der Waals surface area contributed by atoms with Gasteiger partial charge < -0.3 is 0 Å². The summed E-state index contributed by atoms with van der Waals surface area (Å²) in [5.41, 5.74) is 0. The fraction of sp³-hybridized carbons (Fsp3) is 0.833. The third kappa shape index (κ3) is 2.09. The summed E-state index contributed by atoms with van der Waals surface area (Å²) in [7, 11) is 1.58. The molecule has 1 heterocycles. The van der Waals surface area contributed by atoms with Gasteiger partial charge in [-0.3, -0.25) is 0 Å². The lowest BCUT2D eigenvalue weighted by atomic mass is 10.2. The van der Waals surface area contributed by atoms with Crippen LogP contribution in [0.15, 0.2) is 0 Å². The van der Waals surface area contributed by atoms with Crippen LogP contribution in [-0.2, 0) is 0 Å². The normalized spacial score (nSPS) is 24.0.